The van der Waals surface area contributed by atoms with Crippen LogP contribution >= 0.6 is 7.82 Å². The molecule has 0 spiro atoms. The van der Waals surface area contributed by atoms with Crippen LogP contribution in [0.4, 0.5) is 0 Å². The fraction of sp³-hybridized carbons (Fsp3) is 1.00. The van der Waals surface area contributed by atoms with E-state index in [2.05, 4.69) is 18.4 Å². The lowest BCUT2D eigenvalue weighted by atomic mass is 10.0. The third kappa shape index (κ3) is 6.61. The van der Waals surface area contributed by atoms with Gasteiger partial charge in [-0.05, 0) is 19.3 Å². The molecule has 1 fully saturated rings. The summed E-state index contributed by atoms with van der Waals surface area (Å²) in [5, 5.41) is 0. The van der Waals surface area contributed by atoms with Crippen molar-refractivity contribution < 1.29 is 25.0 Å². The molecule has 0 aromatic rings. The number of phosphoric acid groups is 1. The SMILES string of the molecule is CCC.[3H][C@@H]1C[C@H](C)[C@@H]([C@H](C)OP(=O)(O)O)O1. The van der Waals surface area contributed by atoms with Crippen molar-refractivity contribution in [1.29, 1.82) is 0 Å². The summed E-state index contributed by atoms with van der Waals surface area (Å²) in [4.78, 5) is 17.2. The Morgan fingerprint density at radius 2 is 2.12 bits per heavy atom. The van der Waals surface area contributed by atoms with Crippen molar-refractivity contribution in [1.82, 2.24) is 0 Å². The van der Waals surface area contributed by atoms with Gasteiger partial charge in [0.1, 0.15) is 0 Å². The summed E-state index contributed by atoms with van der Waals surface area (Å²) in [5.74, 6) is 0.0825. The van der Waals surface area contributed by atoms with E-state index in [-0.39, 0.29) is 5.92 Å². The van der Waals surface area contributed by atoms with E-state index in [0.717, 1.165) is 0 Å². The van der Waals surface area contributed by atoms with Gasteiger partial charge in [-0.3, -0.25) is 4.52 Å². The molecule has 16 heavy (non-hydrogen) atoms. The van der Waals surface area contributed by atoms with Gasteiger partial charge in [0.2, 0.25) is 0 Å². The predicted molar refractivity (Wildman–Crippen MR) is 62.1 cm³/mol. The predicted octanol–water partition coefficient (Wildman–Crippen LogP) is 2.33. The molecule has 0 unspecified atom stereocenters. The van der Waals surface area contributed by atoms with Crippen molar-refractivity contribution in [3.8, 4) is 0 Å². The fourth-order valence-electron chi connectivity index (χ4n) is 1.44. The number of ether oxygens (including phenoxy) is 1. The van der Waals surface area contributed by atoms with Gasteiger partial charge < -0.3 is 14.5 Å². The Bertz CT molecular complexity index is 257. The molecule has 1 rings (SSSR count). The Kier molecular flexibility index (Phi) is 6.54. The first kappa shape index (κ1) is 14.1. The molecule has 6 heteroatoms. The van der Waals surface area contributed by atoms with E-state index in [4.69, 9.17) is 15.9 Å². The van der Waals surface area contributed by atoms with Crippen LogP contribution in [0, 0.1) is 5.92 Å². The highest BCUT2D eigenvalue weighted by Gasteiger charge is 2.33. The van der Waals surface area contributed by atoms with Gasteiger partial charge in [0.25, 0.3) is 0 Å². The van der Waals surface area contributed by atoms with Crippen LogP contribution in [0.25, 0.3) is 0 Å². The molecule has 4 atom stereocenters. The molecule has 1 saturated heterocycles. The molecular weight excluding hydrogens is 231 g/mol. The molecule has 0 amide bonds. The maximum Gasteiger partial charge on any atom is 0.469 e. The molecule has 1 heterocycles. The monoisotopic (exact) mass is 256 g/mol. The van der Waals surface area contributed by atoms with Gasteiger partial charge in [-0.1, -0.05) is 27.2 Å². The highest BCUT2D eigenvalue weighted by molar-refractivity contribution is 7.46. The Morgan fingerprint density at radius 3 is 2.44 bits per heavy atom. The topological polar surface area (TPSA) is 76.0 Å². The van der Waals surface area contributed by atoms with E-state index >= 15 is 0 Å². The molecule has 1 aliphatic heterocycles. The molecule has 0 saturated carbocycles. The zero-order valence-electron chi connectivity index (χ0n) is 11.3. The maximum absolute atomic E-state index is 10.6. The van der Waals surface area contributed by atoms with Crippen LogP contribution < -0.4 is 0 Å². The summed E-state index contributed by atoms with van der Waals surface area (Å²) in [5.41, 5.74) is 0. The first-order valence-corrected chi connectivity index (χ1v) is 7.05. The van der Waals surface area contributed by atoms with Crippen LogP contribution in [-0.4, -0.2) is 28.6 Å². The number of rotatable bonds is 3. The first-order chi connectivity index (χ1) is 7.71. The summed E-state index contributed by atoms with van der Waals surface area (Å²) in [7, 11) is -4.46. The molecule has 1 aliphatic rings. The molecule has 98 valence electrons. The second-order valence-corrected chi connectivity index (χ2v) is 5.18. The zero-order valence-corrected chi connectivity index (χ0v) is 11.2. The minimum Gasteiger partial charge on any atom is -0.375 e. The van der Waals surface area contributed by atoms with Gasteiger partial charge in [-0.15, -0.1) is 0 Å². The first-order valence-electron chi connectivity index (χ1n) is 6.10. The second-order valence-electron chi connectivity index (χ2n) is 3.99. The van der Waals surface area contributed by atoms with E-state index in [1.54, 1.807) is 0 Å². The van der Waals surface area contributed by atoms with Crippen LogP contribution in [0.5, 0.6) is 0 Å². The molecule has 0 bridgehead atoms. The molecule has 0 aromatic heterocycles. The van der Waals surface area contributed by atoms with Gasteiger partial charge in [-0.25, -0.2) is 4.57 Å². The van der Waals surface area contributed by atoms with Crippen LogP contribution in [0.3, 0.4) is 0 Å². The van der Waals surface area contributed by atoms with Gasteiger partial charge in [-0.2, -0.15) is 0 Å². The number of phosphoric ester groups is 1. The van der Waals surface area contributed by atoms with Crippen molar-refractivity contribution in [2.24, 2.45) is 5.92 Å². The van der Waals surface area contributed by atoms with E-state index in [0.29, 0.717) is 6.42 Å². The van der Waals surface area contributed by atoms with Crippen molar-refractivity contribution in [3.63, 3.8) is 0 Å². The van der Waals surface area contributed by atoms with Crippen LogP contribution in [0.2, 0.25) is 0 Å². The van der Waals surface area contributed by atoms with Crippen molar-refractivity contribution in [2.75, 3.05) is 6.58 Å². The Morgan fingerprint density at radius 1 is 1.62 bits per heavy atom. The highest BCUT2D eigenvalue weighted by atomic mass is 31.2. The van der Waals surface area contributed by atoms with Crippen LogP contribution in [0.1, 0.15) is 41.9 Å². The molecule has 0 aromatic carbocycles. The largest absolute Gasteiger partial charge is 0.469 e. The van der Waals surface area contributed by atoms with Gasteiger partial charge in [0, 0.05) is 6.58 Å². The van der Waals surface area contributed by atoms with Crippen LogP contribution in [0.15, 0.2) is 0 Å². The van der Waals surface area contributed by atoms with Crippen molar-refractivity contribution in [3.05, 3.63) is 0 Å². The smallest absolute Gasteiger partial charge is 0.375 e. The van der Waals surface area contributed by atoms with Gasteiger partial charge >= 0.3 is 7.82 Å². The third-order valence-corrected chi connectivity index (χ3v) is 2.66. The van der Waals surface area contributed by atoms with Crippen molar-refractivity contribution in [2.45, 2.75) is 52.7 Å². The Balaban J connectivity index is 0.000000770. The highest BCUT2D eigenvalue weighted by Crippen LogP contribution is 2.40. The average molecular weight is 256 g/mol. The number of hydrogen-bond donors (Lipinski definition) is 2. The third-order valence-electron chi connectivity index (χ3n) is 2.05. The van der Waals surface area contributed by atoms with Crippen molar-refractivity contribution >= 4 is 7.82 Å². The summed E-state index contributed by atoms with van der Waals surface area (Å²) in [6.07, 6.45) is 0.714. The van der Waals surface area contributed by atoms with Gasteiger partial charge in [0.15, 0.2) is 0 Å². The Hall–Kier alpha value is 0.0700. The Labute approximate surface area is 98.8 Å². The molecule has 2 N–H and O–H groups in total. The normalized spacial score (nSPS) is 32.6. The maximum atomic E-state index is 10.6. The lowest BCUT2D eigenvalue weighted by Crippen LogP contribution is -2.29. The molecule has 0 aliphatic carbocycles. The minimum absolute atomic E-state index is 0.0825. The summed E-state index contributed by atoms with van der Waals surface area (Å²) in [6, 6.07) is 0. The molecule has 0 radical (unpaired) electrons. The summed E-state index contributed by atoms with van der Waals surface area (Å²) >= 11 is 0. The summed E-state index contributed by atoms with van der Waals surface area (Å²) < 4.78 is 27.6. The lowest BCUT2D eigenvalue weighted by molar-refractivity contribution is -0.00684. The lowest BCUT2D eigenvalue weighted by Gasteiger charge is -2.22. The fourth-order valence-corrected chi connectivity index (χ4v) is 1.99. The quantitative estimate of drug-likeness (QED) is 0.758. The zero-order chi connectivity index (χ0) is 13.6. The molecular formula is C10H23O5P. The summed E-state index contributed by atoms with van der Waals surface area (Å²) in [6.45, 7) is 7.05. The standard InChI is InChI=1S/C7H15O5P.C3H8/c1-5-3-4-11-7(5)6(2)12-13(8,9)10;1-3-2/h5-7H,3-4H2,1-2H3,(H2,8,9,10);3H2,1-2H3/t5-,6-,7-;/m0./s1/i4T;/t4-,5+,6+,7+;/m1.. The number of hydrogen-bond acceptors (Lipinski definition) is 3. The average Bonchev–Trinajstić information content (AvgIpc) is 2.43. The van der Waals surface area contributed by atoms with Crippen LogP contribution in [-0.2, 0) is 13.8 Å². The van der Waals surface area contributed by atoms with Gasteiger partial charge in [0.05, 0.1) is 13.6 Å². The van der Waals surface area contributed by atoms with E-state index in [1.807, 2.05) is 6.92 Å². The minimum atomic E-state index is -4.46. The second kappa shape index (κ2) is 7.41. The van der Waals surface area contributed by atoms with E-state index < -0.39 is 26.6 Å². The molecule has 5 nitrogen and oxygen atoms in total. The van der Waals surface area contributed by atoms with E-state index in [9.17, 15) is 4.57 Å². The van der Waals surface area contributed by atoms with E-state index in [1.165, 1.54) is 13.3 Å².